The lowest BCUT2D eigenvalue weighted by Gasteiger charge is -2.29. The molecule has 1 fully saturated rings. The molecule has 5 heteroatoms. The summed E-state index contributed by atoms with van der Waals surface area (Å²) in [7, 11) is 3.64. The van der Waals surface area contributed by atoms with E-state index in [4.69, 9.17) is 5.73 Å². The van der Waals surface area contributed by atoms with Gasteiger partial charge in [-0.2, -0.15) is 0 Å². The molecule has 27 heavy (non-hydrogen) atoms. The zero-order valence-electron chi connectivity index (χ0n) is 16.1. The van der Waals surface area contributed by atoms with Gasteiger partial charge in [0, 0.05) is 38.5 Å². The number of amides is 1. The Balaban J connectivity index is 1.74. The van der Waals surface area contributed by atoms with Crippen LogP contribution in [0.5, 0.6) is 0 Å². The normalized spacial score (nSPS) is 22.3. The van der Waals surface area contributed by atoms with Gasteiger partial charge in [-0.1, -0.05) is 60.7 Å². The molecule has 1 amide bonds. The first-order valence-corrected chi connectivity index (χ1v) is 9.62. The molecular weight excluding hydrogens is 336 g/mol. The number of hydrogen-bond donors (Lipinski definition) is 3. The third kappa shape index (κ3) is 4.95. The van der Waals surface area contributed by atoms with Crippen molar-refractivity contribution in [2.45, 2.75) is 30.8 Å². The summed E-state index contributed by atoms with van der Waals surface area (Å²) in [6, 6.07) is 21.2. The number of nitrogens with one attached hydrogen (secondary N) is 2. The predicted molar refractivity (Wildman–Crippen MR) is 109 cm³/mol. The van der Waals surface area contributed by atoms with E-state index in [1.165, 1.54) is 11.1 Å². The zero-order valence-corrected chi connectivity index (χ0v) is 16.1. The molecule has 1 aliphatic rings. The van der Waals surface area contributed by atoms with Crippen molar-refractivity contribution < 1.29 is 4.79 Å². The van der Waals surface area contributed by atoms with Crippen LogP contribution in [0.25, 0.3) is 0 Å². The number of nitrogens with two attached hydrogens (primary N) is 1. The van der Waals surface area contributed by atoms with Crippen molar-refractivity contribution in [3.63, 3.8) is 0 Å². The van der Waals surface area contributed by atoms with E-state index in [2.05, 4.69) is 59.3 Å². The molecule has 3 rings (SSSR count). The Hall–Kier alpha value is -2.21. The Morgan fingerprint density at radius 3 is 2.19 bits per heavy atom. The fourth-order valence-electron chi connectivity index (χ4n) is 4.04. The second-order valence-corrected chi connectivity index (χ2v) is 7.54. The second kappa shape index (κ2) is 9.13. The first kappa shape index (κ1) is 19.5. The van der Waals surface area contributed by atoms with Crippen molar-refractivity contribution in [2.75, 3.05) is 20.6 Å². The van der Waals surface area contributed by atoms with Gasteiger partial charge in [0.25, 0.3) is 0 Å². The molecule has 3 unspecified atom stereocenters. The van der Waals surface area contributed by atoms with Crippen LogP contribution in [0.1, 0.15) is 29.9 Å². The second-order valence-electron chi connectivity index (χ2n) is 7.54. The Kier molecular flexibility index (Phi) is 6.61. The largest absolute Gasteiger partial charge is 0.326 e. The van der Waals surface area contributed by atoms with E-state index in [-0.39, 0.29) is 29.8 Å². The molecule has 2 aromatic carbocycles. The van der Waals surface area contributed by atoms with Crippen molar-refractivity contribution in [1.82, 2.24) is 15.8 Å². The minimum Gasteiger partial charge on any atom is -0.326 e. The van der Waals surface area contributed by atoms with Crippen LogP contribution in [-0.2, 0) is 4.79 Å². The first-order chi connectivity index (χ1) is 13.1. The highest BCUT2D eigenvalue weighted by molar-refractivity contribution is 5.75. The van der Waals surface area contributed by atoms with Gasteiger partial charge >= 0.3 is 0 Å². The predicted octanol–water partition coefficient (Wildman–Crippen LogP) is 2.11. The lowest BCUT2D eigenvalue weighted by atomic mass is 9.80. The molecule has 0 aliphatic carbocycles. The average molecular weight is 367 g/mol. The molecule has 2 aromatic rings. The van der Waals surface area contributed by atoms with Gasteiger partial charge in [-0.15, -0.1) is 0 Å². The van der Waals surface area contributed by atoms with Crippen molar-refractivity contribution in [3.8, 4) is 0 Å². The molecule has 0 radical (unpaired) electrons. The van der Waals surface area contributed by atoms with Gasteiger partial charge < -0.3 is 11.1 Å². The molecule has 1 saturated heterocycles. The number of carbonyl (C=O) groups is 1. The molecule has 0 bridgehead atoms. The number of nitrogens with zero attached hydrogens (tertiary/aromatic N) is 1. The zero-order chi connectivity index (χ0) is 19.2. The van der Waals surface area contributed by atoms with Crippen LogP contribution >= 0.6 is 0 Å². The van der Waals surface area contributed by atoms with E-state index in [1.54, 1.807) is 5.01 Å². The summed E-state index contributed by atoms with van der Waals surface area (Å²) in [5, 5.41) is 5.33. The SMILES string of the molecule is CN(C)NC(=O)CCC1CNC(C(c2ccccc2)c2ccccc2)C1N. The summed E-state index contributed by atoms with van der Waals surface area (Å²) in [5.41, 5.74) is 12.0. The van der Waals surface area contributed by atoms with E-state index in [0.29, 0.717) is 6.42 Å². The van der Waals surface area contributed by atoms with Gasteiger partial charge in [0.1, 0.15) is 0 Å². The maximum absolute atomic E-state index is 12.0. The van der Waals surface area contributed by atoms with Crippen LogP contribution < -0.4 is 16.5 Å². The Morgan fingerprint density at radius 1 is 1.11 bits per heavy atom. The Bertz CT molecular complexity index is 680. The van der Waals surface area contributed by atoms with Crippen molar-refractivity contribution in [1.29, 1.82) is 0 Å². The van der Waals surface area contributed by atoms with Crippen LogP contribution in [0.3, 0.4) is 0 Å². The average Bonchev–Trinajstić information content (AvgIpc) is 3.02. The van der Waals surface area contributed by atoms with E-state index < -0.39 is 0 Å². The van der Waals surface area contributed by atoms with Crippen LogP contribution in [-0.4, -0.2) is 43.6 Å². The molecule has 3 atom stereocenters. The third-order valence-corrected chi connectivity index (χ3v) is 5.34. The van der Waals surface area contributed by atoms with Gasteiger partial charge in [0.05, 0.1) is 0 Å². The summed E-state index contributed by atoms with van der Waals surface area (Å²) < 4.78 is 0. The minimum absolute atomic E-state index is 0.00238. The highest BCUT2D eigenvalue weighted by Crippen LogP contribution is 2.34. The van der Waals surface area contributed by atoms with E-state index in [9.17, 15) is 4.79 Å². The van der Waals surface area contributed by atoms with Gasteiger partial charge in [-0.25, -0.2) is 5.01 Å². The summed E-state index contributed by atoms with van der Waals surface area (Å²) >= 11 is 0. The molecule has 0 spiro atoms. The van der Waals surface area contributed by atoms with Crippen molar-refractivity contribution >= 4 is 5.91 Å². The van der Waals surface area contributed by atoms with Gasteiger partial charge in [0.2, 0.25) is 5.91 Å². The van der Waals surface area contributed by atoms with Crippen LogP contribution in [0.4, 0.5) is 0 Å². The smallest absolute Gasteiger partial charge is 0.234 e. The van der Waals surface area contributed by atoms with E-state index in [1.807, 2.05) is 26.2 Å². The number of carbonyl (C=O) groups excluding carboxylic acids is 1. The molecule has 5 nitrogen and oxygen atoms in total. The third-order valence-electron chi connectivity index (χ3n) is 5.34. The summed E-state index contributed by atoms with van der Waals surface area (Å²) in [6.07, 6.45) is 1.28. The Morgan fingerprint density at radius 2 is 1.67 bits per heavy atom. The quantitative estimate of drug-likeness (QED) is 0.657. The maximum Gasteiger partial charge on any atom is 0.234 e. The standard InChI is InChI=1S/C22H30N4O/c1-26(2)25-19(27)14-13-18-15-24-22(21(18)23)20(16-9-5-3-6-10-16)17-11-7-4-8-12-17/h3-12,18,20-22,24H,13-15,23H2,1-2H3,(H,25,27). The lowest BCUT2D eigenvalue weighted by molar-refractivity contribution is -0.125. The molecule has 0 aromatic heterocycles. The molecule has 1 aliphatic heterocycles. The fourth-order valence-corrected chi connectivity index (χ4v) is 4.04. The van der Waals surface area contributed by atoms with Gasteiger partial charge in [-0.05, 0) is 30.0 Å². The number of hydrazine groups is 1. The monoisotopic (exact) mass is 366 g/mol. The first-order valence-electron chi connectivity index (χ1n) is 9.62. The highest BCUT2D eigenvalue weighted by atomic mass is 16.2. The topological polar surface area (TPSA) is 70.4 Å². The summed E-state index contributed by atoms with van der Waals surface area (Å²) in [6.45, 7) is 0.844. The molecule has 4 N–H and O–H groups in total. The van der Waals surface area contributed by atoms with Gasteiger partial charge in [0.15, 0.2) is 0 Å². The van der Waals surface area contributed by atoms with Crippen LogP contribution in [0.15, 0.2) is 60.7 Å². The molecule has 1 heterocycles. The molecular formula is C22H30N4O. The summed E-state index contributed by atoms with van der Waals surface area (Å²) in [4.78, 5) is 12.0. The maximum atomic E-state index is 12.0. The molecule has 0 saturated carbocycles. The fraction of sp³-hybridized carbons (Fsp3) is 0.409. The summed E-state index contributed by atoms with van der Waals surface area (Å²) in [5.74, 6) is 0.527. The highest BCUT2D eigenvalue weighted by Gasteiger charge is 2.39. The molecule has 144 valence electrons. The van der Waals surface area contributed by atoms with Crippen molar-refractivity contribution in [2.24, 2.45) is 11.7 Å². The van der Waals surface area contributed by atoms with E-state index in [0.717, 1.165) is 13.0 Å². The number of rotatable bonds is 7. The van der Waals surface area contributed by atoms with Crippen molar-refractivity contribution in [3.05, 3.63) is 71.8 Å². The van der Waals surface area contributed by atoms with Crippen LogP contribution in [0.2, 0.25) is 0 Å². The van der Waals surface area contributed by atoms with Gasteiger partial charge in [-0.3, -0.25) is 10.2 Å². The van der Waals surface area contributed by atoms with E-state index >= 15 is 0 Å². The number of hydrogen-bond acceptors (Lipinski definition) is 4. The minimum atomic E-state index is 0.00238. The lowest BCUT2D eigenvalue weighted by Crippen LogP contribution is -2.43. The Labute approximate surface area is 161 Å². The number of benzene rings is 2. The van der Waals surface area contributed by atoms with Crippen LogP contribution in [0, 0.1) is 5.92 Å².